The maximum absolute atomic E-state index is 12.4. The first-order valence-electron chi connectivity index (χ1n) is 7.68. The molecule has 2 aromatic rings. The molecule has 1 amide bonds. The first-order chi connectivity index (χ1) is 12.0. The highest BCUT2D eigenvalue weighted by atomic mass is 16.5. The minimum atomic E-state index is -0.771. The molecule has 2 rings (SSSR count). The van der Waals surface area contributed by atoms with Gasteiger partial charge in [0, 0.05) is 6.07 Å². The number of amides is 1. The second-order valence-corrected chi connectivity index (χ2v) is 5.43. The number of carbonyl (C=O) groups is 1. The Bertz CT molecular complexity index is 812. The van der Waals surface area contributed by atoms with Crippen molar-refractivity contribution in [1.29, 1.82) is 5.26 Å². The second-order valence-electron chi connectivity index (χ2n) is 5.43. The summed E-state index contributed by atoms with van der Waals surface area (Å²) in [5.41, 5.74) is 2.03. The Balaban J connectivity index is 2.14. The van der Waals surface area contributed by atoms with Gasteiger partial charge in [-0.3, -0.25) is 4.79 Å². The summed E-state index contributed by atoms with van der Waals surface area (Å²) in [6, 6.07) is 12.3. The number of nitrogens with one attached hydrogen (secondary N) is 1. The monoisotopic (exact) mass is 340 g/mol. The van der Waals surface area contributed by atoms with Crippen LogP contribution in [0.25, 0.3) is 0 Å². The van der Waals surface area contributed by atoms with Crippen LogP contribution >= 0.6 is 0 Å². The van der Waals surface area contributed by atoms with Crippen LogP contribution in [0.3, 0.4) is 0 Å². The molecule has 6 nitrogen and oxygen atoms in total. The first-order valence-corrected chi connectivity index (χ1v) is 7.68. The van der Waals surface area contributed by atoms with Crippen molar-refractivity contribution in [3.8, 4) is 23.3 Å². The summed E-state index contributed by atoms with van der Waals surface area (Å²) in [7, 11) is 3.02. The molecule has 0 unspecified atom stereocenters. The van der Waals surface area contributed by atoms with Gasteiger partial charge in [-0.1, -0.05) is 6.07 Å². The van der Waals surface area contributed by atoms with Crippen molar-refractivity contribution >= 4 is 11.6 Å². The van der Waals surface area contributed by atoms with Crippen LogP contribution in [0.2, 0.25) is 0 Å². The first kappa shape index (κ1) is 18.1. The fraction of sp³-hybridized carbons (Fsp3) is 0.263. The summed E-state index contributed by atoms with van der Waals surface area (Å²) in [6.07, 6.45) is -0.771. The minimum Gasteiger partial charge on any atom is -0.495 e. The largest absolute Gasteiger partial charge is 0.495 e. The van der Waals surface area contributed by atoms with E-state index in [1.165, 1.54) is 7.11 Å². The number of hydrogen-bond acceptors (Lipinski definition) is 5. The van der Waals surface area contributed by atoms with Crippen LogP contribution in [0.4, 0.5) is 5.69 Å². The molecule has 0 radical (unpaired) electrons. The lowest BCUT2D eigenvalue weighted by atomic mass is 10.2. The van der Waals surface area contributed by atoms with Crippen molar-refractivity contribution in [3.05, 3.63) is 47.5 Å². The number of methoxy groups -OCH3 is 2. The van der Waals surface area contributed by atoms with Crippen molar-refractivity contribution in [3.63, 3.8) is 0 Å². The van der Waals surface area contributed by atoms with Gasteiger partial charge >= 0.3 is 0 Å². The molecule has 0 heterocycles. The van der Waals surface area contributed by atoms with E-state index in [9.17, 15) is 4.79 Å². The molecule has 2 aromatic carbocycles. The fourth-order valence-corrected chi connectivity index (χ4v) is 2.23. The Labute approximate surface area is 146 Å². The highest BCUT2D eigenvalue weighted by Gasteiger charge is 2.19. The summed E-state index contributed by atoms with van der Waals surface area (Å²) < 4.78 is 16.2. The number of carbonyl (C=O) groups excluding carboxylic acids is 1. The zero-order valence-corrected chi connectivity index (χ0v) is 14.6. The standard InChI is InChI=1S/C19H20N2O4/c1-12-5-7-16(23-3)15(9-12)21-19(22)13(2)25-17-8-6-14(11-20)10-18(17)24-4/h5-10,13H,1-4H3,(H,21,22)/t13-/m0/s1. The Kier molecular flexibility index (Phi) is 5.85. The molecule has 0 aliphatic heterocycles. The summed E-state index contributed by atoms with van der Waals surface area (Å²) >= 11 is 0. The third-order valence-corrected chi connectivity index (χ3v) is 3.58. The molecule has 0 fully saturated rings. The molecule has 0 aliphatic carbocycles. The Hall–Kier alpha value is -3.20. The average molecular weight is 340 g/mol. The van der Waals surface area contributed by atoms with E-state index in [0.717, 1.165) is 5.56 Å². The number of anilines is 1. The molecule has 0 spiro atoms. The summed E-state index contributed by atoms with van der Waals surface area (Å²) in [6.45, 7) is 3.56. The number of rotatable bonds is 6. The predicted molar refractivity (Wildman–Crippen MR) is 94.2 cm³/mol. The van der Waals surface area contributed by atoms with Crippen LogP contribution in [0.1, 0.15) is 18.1 Å². The number of benzene rings is 2. The molecule has 0 saturated carbocycles. The van der Waals surface area contributed by atoms with E-state index in [-0.39, 0.29) is 5.91 Å². The van der Waals surface area contributed by atoms with Gasteiger partial charge in [0.1, 0.15) is 5.75 Å². The lowest BCUT2D eigenvalue weighted by Gasteiger charge is -2.18. The Morgan fingerprint density at radius 1 is 1.08 bits per heavy atom. The Morgan fingerprint density at radius 2 is 1.76 bits per heavy atom. The fourth-order valence-electron chi connectivity index (χ4n) is 2.23. The van der Waals surface area contributed by atoms with Crippen LogP contribution in [0.15, 0.2) is 36.4 Å². The number of ether oxygens (including phenoxy) is 3. The minimum absolute atomic E-state index is 0.324. The van der Waals surface area contributed by atoms with Crippen molar-refractivity contribution < 1.29 is 19.0 Å². The number of nitrogens with zero attached hydrogens (tertiary/aromatic N) is 1. The van der Waals surface area contributed by atoms with Crippen LogP contribution < -0.4 is 19.5 Å². The molecular weight excluding hydrogens is 320 g/mol. The van der Waals surface area contributed by atoms with E-state index in [1.807, 2.05) is 25.1 Å². The Morgan fingerprint density at radius 3 is 2.40 bits per heavy atom. The predicted octanol–water partition coefficient (Wildman–Crippen LogP) is 3.29. The van der Waals surface area contributed by atoms with Crippen molar-refractivity contribution in [1.82, 2.24) is 0 Å². The SMILES string of the molecule is COc1ccc(C)cc1NC(=O)[C@H](C)Oc1ccc(C#N)cc1OC. The van der Waals surface area contributed by atoms with Crippen LogP contribution in [0.5, 0.6) is 17.2 Å². The van der Waals surface area contributed by atoms with Gasteiger partial charge in [0.05, 0.1) is 31.5 Å². The van der Waals surface area contributed by atoms with Crippen molar-refractivity contribution in [2.75, 3.05) is 19.5 Å². The highest BCUT2D eigenvalue weighted by Crippen LogP contribution is 2.29. The molecule has 25 heavy (non-hydrogen) atoms. The lowest BCUT2D eigenvalue weighted by molar-refractivity contribution is -0.122. The van der Waals surface area contributed by atoms with Crippen LogP contribution in [-0.4, -0.2) is 26.2 Å². The maximum atomic E-state index is 12.4. The molecular formula is C19H20N2O4. The van der Waals surface area contributed by atoms with Crippen LogP contribution in [-0.2, 0) is 4.79 Å². The quantitative estimate of drug-likeness (QED) is 0.873. The second kappa shape index (κ2) is 8.06. The van der Waals surface area contributed by atoms with Gasteiger partial charge in [0.25, 0.3) is 5.91 Å². The number of aryl methyl sites for hydroxylation is 1. The van der Waals surface area contributed by atoms with Gasteiger partial charge in [0.15, 0.2) is 17.6 Å². The zero-order chi connectivity index (χ0) is 18.4. The third-order valence-electron chi connectivity index (χ3n) is 3.58. The summed E-state index contributed by atoms with van der Waals surface area (Å²) in [5.74, 6) is 1.03. The molecule has 1 atom stereocenters. The molecule has 130 valence electrons. The van der Waals surface area contributed by atoms with Gasteiger partial charge in [-0.05, 0) is 43.7 Å². The van der Waals surface area contributed by atoms with E-state index < -0.39 is 6.10 Å². The topological polar surface area (TPSA) is 80.6 Å². The number of nitriles is 1. The average Bonchev–Trinajstić information content (AvgIpc) is 2.62. The van der Waals surface area contributed by atoms with Gasteiger partial charge in [-0.2, -0.15) is 5.26 Å². The molecule has 6 heteroatoms. The maximum Gasteiger partial charge on any atom is 0.265 e. The van der Waals surface area contributed by atoms with E-state index in [1.54, 1.807) is 38.3 Å². The highest BCUT2D eigenvalue weighted by molar-refractivity contribution is 5.95. The molecule has 0 bridgehead atoms. The van der Waals surface area contributed by atoms with Crippen LogP contribution in [0, 0.1) is 18.3 Å². The molecule has 1 N–H and O–H groups in total. The molecule has 0 saturated heterocycles. The van der Waals surface area contributed by atoms with Gasteiger partial charge in [-0.25, -0.2) is 0 Å². The lowest BCUT2D eigenvalue weighted by Crippen LogP contribution is -2.30. The van der Waals surface area contributed by atoms with Gasteiger partial charge in [-0.15, -0.1) is 0 Å². The normalized spacial score (nSPS) is 11.2. The summed E-state index contributed by atoms with van der Waals surface area (Å²) in [4.78, 5) is 12.4. The van der Waals surface area contributed by atoms with E-state index in [0.29, 0.717) is 28.5 Å². The number of hydrogen-bond donors (Lipinski definition) is 1. The molecule has 0 aromatic heterocycles. The smallest absolute Gasteiger partial charge is 0.265 e. The van der Waals surface area contributed by atoms with E-state index >= 15 is 0 Å². The molecule has 0 aliphatic rings. The van der Waals surface area contributed by atoms with E-state index in [2.05, 4.69) is 5.32 Å². The van der Waals surface area contributed by atoms with Crippen molar-refractivity contribution in [2.45, 2.75) is 20.0 Å². The van der Waals surface area contributed by atoms with Gasteiger partial charge in [0.2, 0.25) is 0 Å². The van der Waals surface area contributed by atoms with E-state index in [4.69, 9.17) is 19.5 Å². The third kappa shape index (κ3) is 4.42. The van der Waals surface area contributed by atoms with Gasteiger partial charge < -0.3 is 19.5 Å². The van der Waals surface area contributed by atoms with Crippen molar-refractivity contribution in [2.24, 2.45) is 0 Å². The summed E-state index contributed by atoms with van der Waals surface area (Å²) in [5, 5.41) is 11.7. The zero-order valence-electron chi connectivity index (χ0n) is 14.6.